The van der Waals surface area contributed by atoms with Crippen LogP contribution in [0, 0.1) is 13.8 Å². The average molecular weight is 396 g/mol. The van der Waals surface area contributed by atoms with E-state index in [0.717, 1.165) is 34.0 Å². The Balaban J connectivity index is 1.67. The third kappa shape index (κ3) is 5.59. The standard InChI is InChI=1S/C23H29N3O3/c1-16-10-17(2)12-21(11-16)29-15-19(27)14-25-22(23-24-8-9-26(23)3)18-6-5-7-20(13-18)28-4/h5-13,19,22,25,27H,14-15H2,1-4H3. The molecule has 0 bridgehead atoms. The molecule has 6 nitrogen and oxygen atoms in total. The molecule has 2 atom stereocenters. The molecule has 0 aliphatic carbocycles. The summed E-state index contributed by atoms with van der Waals surface area (Å²) in [7, 11) is 3.60. The molecule has 0 amide bonds. The molecule has 0 aliphatic heterocycles. The molecule has 1 aromatic heterocycles. The number of rotatable bonds is 9. The smallest absolute Gasteiger partial charge is 0.130 e. The highest BCUT2D eigenvalue weighted by molar-refractivity contribution is 5.34. The van der Waals surface area contributed by atoms with Crippen LogP contribution in [0.15, 0.2) is 54.9 Å². The molecule has 0 aliphatic rings. The number of hydrogen-bond acceptors (Lipinski definition) is 5. The quantitative estimate of drug-likeness (QED) is 0.583. The molecule has 2 unspecified atom stereocenters. The van der Waals surface area contributed by atoms with E-state index in [2.05, 4.69) is 16.4 Å². The number of aliphatic hydroxyl groups excluding tert-OH is 1. The van der Waals surface area contributed by atoms with Crippen molar-refractivity contribution in [2.45, 2.75) is 26.0 Å². The van der Waals surface area contributed by atoms with Gasteiger partial charge in [0.25, 0.3) is 0 Å². The number of ether oxygens (including phenoxy) is 2. The number of aryl methyl sites for hydroxylation is 3. The number of aromatic nitrogens is 2. The molecule has 3 aromatic rings. The number of imidazole rings is 1. The molecular weight excluding hydrogens is 366 g/mol. The number of benzene rings is 2. The second kappa shape index (κ2) is 9.58. The largest absolute Gasteiger partial charge is 0.497 e. The minimum Gasteiger partial charge on any atom is -0.497 e. The van der Waals surface area contributed by atoms with Crippen LogP contribution in [-0.2, 0) is 7.05 Å². The Bertz CT molecular complexity index is 918. The normalized spacial score (nSPS) is 13.1. The van der Waals surface area contributed by atoms with Gasteiger partial charge in [-0.15, -0.1) is 0 Å². The first-order valence-corrected chi connectivity index (χ1v) is 9.70. The van der Waals surface area contributed by atoms with Crippen molar-refractivity contribution in [3.63, 3.8) is 0 Å². The van der Waals surface area contributed by atoms with E-state index in [9.17, 15) is 5.11 Å². The number of hydrogen-bond donors (Lipinski definition) is 2. The van der Waals surface area contributed by atoms with Crippen molar-refractivity contribution in [1.82, 2.24) is 14.9 Å². The van der Waals surface area contributed by atoms with Crippen molar-refractivity contribution in [1.29, 1.82) is 0 Å². The van der Waals surface area contributed by atoms with E-state index in [1.165, 1.54) is 0 Å². The van der Waals surface area contributed by atoms with Crippen LogP contribution in [0.5, 0.6) is 11.5 Å². The van der Waals surface area contributed by atoms with Gasteiger partial charge in [0.2, 0.25) is 0 Å². The maximum atomic E-state index is 10.5. The van der Waals surface area contributed by atoms with Crippen LogP contribution in [0.25, 0.3) is 0 Å². The Hall–Kier alpha value is -2.83. The minimum atomic E-state index is -0.663. The average Bonchev–Trinajstić information content (AvgIpc) is 3.12. The van der Waals surface area contributed by atoms with E-state index in [1.807, 2.05) is 68.1 Å². The topological polar surface area (TPSA) is 68.5 Å². The monoisotopic (exact) mass is 395 g/mol. The summed E-state index contributed by atoms with van der Waals surface area (Å²) in [4.78, 5) is 4.49. The van der Waals surface area contributed by atoms with Gasteiger partial charge in [0.15, 0.2) is 0 Å². The number of nitrogens with zero attached hydrogens (tertiary/aromatic N) is 2. The molecule has 2 N–H and O–H groups in total. The summed E-state index contributed by atoms with van der Waals surface area (Å²) in [6.07, 6.45) is 3.01. The first-order chi connectivity index (χ1) is 14.0. The van der Waals surface area contributed by atoms with Crippen molar-refractivity contribution < 1.29 is 14.6 Å². The first-order valence-electron chi connectivity index (χ1n) is 9.70. The van der Waals surface area contributed by atoms with Gasteiger partial charge in [0, 0.05) is 26.0 Å². The van der Waals surface area contributed by atoms with Gasteiger partial charge >= 0.3 is 0 Å². The van der Waals surface area contributed by atoms with Crippen LogP contribution >= 0.6 is 0 Å². The second-order valence-electron chi connectivity index (χ2n) is 7.30. The molecule has 6 heteroatoms. The van der Waals surface area contributed by atoms with Gasteiger partial charge in [-0.2, -0.15) is 0 Å². The van der Waals surface area contributed by atoms with Crippen LogP contribution in [-0.4, -0.2) is 41.0 Å². The lowest BCUT2D eigenvalue weighted by molar-refractivity contribution is 0.104. The number of aliphatic hydroxyl groups is 1. The van der Waals surface area contributed by atoms with Crippen molar-refractivity contribution in [3.05, 3.63) is 77.4 Å². The Morgan fingerprint density at radius 2 is 1.86 bits per heavy atom. The number of methoxy groups -OCH3 is 1. The zero-order valence-corrected chi connectivity index (χ0v) is 17.4. The third-order valence-corrected chi connectivity index (χ3v) is 4.74. The Morgan fingerprint density at radius 1 is 1.10 bits per heavy atom. The highest BCUT2D eigenvalue weighted by atomic mass is 16.5. The van der Waals surface area contributed by atoms with Crippen LogP contribution in [0.1, 0.15) is 28.6 Å². The molecule has 2 aromatic carbocycles. The van der Waals surface area contributed by atoms with Crippen molar-refractivity contribution in [2.75, 3.05) is 20.3 Å². The zero-order chi connectivity index (χ0) is 20.8. The Kier molecular flexibility index (Phi) is 6.90. The summed E-state index contributed by atoms with van der Waals surface area (Å²) in [5, 5.41) is 13.9. The minimum absolute atomic E-state index is 0.180. The van der Waals surface area contributed by atoms with Gasteiger partial charge in [0.05, 0.1) is 13.2 Å². The van der Waals surface area contributed by atoms with Crippen LogP contribution < -0.4 is 14.8 Å². The summed E-state index contributed by atoms with van der Waals surface area (Å²) in [6.45, 7) is 4.63. The van der Waals surface area contributed by atoms with Crippen LogP contribution in [0.4, 0.5) is 0 Å². The van der Waals surface area contributed by atoms with Gasteiger partial charge in [-0.05, 0) is 54.8 Å². The molecule has 3 rings (SSSR count). The van der Waals surface area contributed by atoms with E-state index in [4.69, 9.17) is 9.47 Å². The van der Waals surface area contributed by atoms with Crippen molar-refractivity contribution in [3.8, 4) is 11.5 Å². The SMILES string of the molecule is COc1cccc(C(NCC(O)COc2cc(C)cc(C)c2)c2nccn2C)c1. The fraction of sp³-hybridized carbons (Fsp3) is 0.348. The fourth-order valence-corrected chi connectivity index (χ4v) is 3.36. The highest BCUT2D eigenvalue weighted by Gasteiger charge is 2.20. The second-order valence-corrected chi connectivity index (χ2v) is 7.30. The van der Waals surface area contributed by atoms with Crippen molar-refractivity contribution in [2.24, 2.45) is 7.05 Å². The third-order valence-electron chi connectivity index (χ3n) is 4.74. The van der Waals surface area contributed by atoms with E-state index >= 15 is 0 Å². The van der Waals surface area contributed by atoms with Crippen molar-refractivity contribution >= 4 is 0 Å². The summed E-state index contributed by atoms with van der Waals surface area (Å²) >= 11 is 0. The predicted octanol–water partition coefficient (Wildman–Crippen LogP) is 3.16. The molecule has 0 spiro atoms. The molecule has 0 fully saturated rings. The molecule has 0 radical (unpaired) electrons. The van der Waals surface area contributed by atoms with Gasteiger partial charge in [0.1, 0.15) is 30.0 Å². The lowest BCUT2D eigenvalue weighted by Crippen LogP contribution is -2.35. The lowest BCUT2D eigenvalue weighted by atomic mass is 10.1. The highest BCUT2D eigenvalue weighted by Crippen LogP contribution is 2.24. The molecular formula is C23H29N3O3. The van der Waals surface area contributed by atoms with E-state index < -0.39 is 6.10 Å². The van der Waals surface area contributed by atoms with E-state index in [0.29, 0.717) is 6.54 Å². The maximum absolute atomic E-state index is 10.5. The molecule has 0 saturated carbocycles. The zero-order valence-electron chi connectivity index (χ0n) is 17.4. The predicted molar refractivity (Wildman–Crippen MR) is 113 cm³/mol. The van der Waals surface area contributed by atoms with Gasteiger partial charge in [-0.3, -0.25) is 0 Å². The maximum Gasteiger partial charge on any atom is 0.130 e. The van der Waals surface area contributed by atoms with E-state index in [-0.39, 0.29) is 12.6 Å². The summed E-state index contributed by atoms with van der Waals surface area (Å²) in [5.41, 5.74) is 3.29. The Morgan fingerprint density at radius 3 is 2.52 bits per heavy atom. The van der Waals surface area contributed by atoms with E-state index in [1.54, 1.807) is 13.3 Å². The lowest BCUT2D eigenvalue weighted by Gasteiger charge is -2.22. The van der Waals surface area contributed by atoms with Gasteiger partial charge < -0.3 is 24.5 Å². The Labute approximate surface area is 172 Å². The van der Waals surface area contributed by atoms with Crippen LogP contribution in [0.3, 0.4) is 0 Å². The summed E-state index contributed by atoms with van der Waals surface area (Å²) < 4.78 is 13.1. The molecule has 1 heterocycles. The molecule has 154 valence electrons. The number of nitrogens with one attached hydrogen (secondary N) is 1. The molecule has 0 saturated heterocycles. The van der Waals surface area contributed by atoms with Gasteiger partial charge in [-0.25, -0.2) is 4.98 Å². The summed E-state index contributed by atoms with van der Waals surface area (Å²) in [5.74, 6) is 2.41. The van der Waals surface area contributed by atoms with Crippen LogP contribution in [0.2, 0.25) is 0 Å². The summed E-state index contributed by atoms with van der Waals surface area (Å²) in [6, 6.07) is 13.7. The fourth-order valence-electron chi connectivity index (χ4n) is 3.36. The first kappa shape index (κ1) is 20.9. The molecule has 29 heavy (non-hydrogen) atoms. The van der Waals surface area contributed by atoms with Gasteiger partial charge in [-0.1, -0.05) is 18.2 Å².